The van der Waals surface area contributed by atoms with Gasteiger partial charge in [0.1, 0.15) is 5.82 Å². The molecule has 0 aliphatic rings. The zero-order chi connectivity index (χ0) is 8.97. The van der Waals surface area contributed by atoms with Crippen molar-refractivity contribution >= 4 is 18.0 Å². The van der Waals surface area contributed by atoms with Gasteiger partial charge >= 0.3 is 0 Å². The van der Waals surface area contributed by atoms with Crippen LogP contribution >= 0.6 is 0 Å². The van der Waals surface area contributed by atoms with Gasteiger partial charge in [0.25, 0.3) is 0 Å². The second kappa shape index (κ2) is 3.61. The molecule has 12 heavy (non-hydrogen) atoms. The largest absolute Gasteiger partial charge is 0.311 e. The molecule has 0 atom stereocenters. The highest BCUT2D eigenvalue weighted by Crippen LogP contribution is 2.02. The van der Waals surface area contributed by atoms with Crippen molar-refractivity contribution in [1.82, 2.24) is 4.98 Å². The molecule has 1 aromatic rings. The molecule has 0 aromatic carbocycles. The first-order chi connectivity index (χ1) is 5.72. The third-order valence-corrected chi connectivity index (χ3v) is 1.19. The molecular formula is C8H7N2O2. The zero-order valence-corrected chi connectivity index (χ0v) is 6.50. The first-order valence-corrected chi connectivity index (χ1v) is 3.34. The van der Waals surface area contributed by atoms with Crippen LogP contribution in [0.3, 0.4) is 0 Å². The van der Waals surface area contributed by atoms with Gasteiger partial charge in [-0.2, -0.15) is 0 Å². The molecule has 0 fully saturated rings. The monoisotopic (exact) mass is 163 g/mol. The number of nitrogens with zero attached hydrogens (tertiary/aromatic N) is 1. The number of pyridine rings is 1. The van der Waals surface area contributed by atoms with Crippen LogP contribution in [0.4, 0.5) is 5.82 Å². The predicted octanol–water partition coefficient (Wildman–Crippen LogP) is 0.498. The van der Waals surface area contributed by atoms with Crippen molar-refractivity contribution in [2.75, 3.05) is 5.32 Å². The third kappa shape index (κ3) is 2.16. The highest BCUT2D eigenvalue weighted by molar-refractivity contribution is 5.87. The summed E-state index contributed by atoms with van der Waals surface area (Å²) >= 11 is 0. The number of amides is 1. The molecular weight excluding hydrogens is 156 g/mol. The number of nitrogens with one attached hydrogen (secondary N) is 1. The molecule has 0 spiro atoms. The van der Waals surface area contributed by atoms with Gasteiger partial charge in [-0.1, -0.05) is 0 Å². The van der Waals surface area contributed by atoms with Crippen molar-refractivity contribution in [1.29, 1.82) is 0 Å². The molecule has 0 unspecified atom stereocenters. The van der Waals surface area contributed by atoms with E-state index in [2.05, 4.69) is 10.3 Å². The van der Waals surface area contributed by atoms with Gasteiger partial charge < -0.3 is 5.32 Å². The Morgan fingerprint density at radius 2 is 2.33 bits per heavy atom. The van der Waals surface area contributed by atoms with Crippen LogP contribution < -0.4 is 5.32 Å². The molecule has 4 nitrogen and oxygen atoms in total. The Morgan fingerprint density at radius 1 is 1.58 bits per heavy atom. The average Bonchev–Trinajstić information content (AvgIpc) is 2.05. The lowest BCUT2D eigenvalue weighted by molar-refractivity contribution is -0.114. The Kier molecular flexibility index (Phi) is 2.53. The molecule has 0 saturated carbocycles. The van der Waals surface area contributed by atoms with E-state index in [9.17, 15) is 9.59 Å². The summed E-state index contributed by atoms with van der Waals surface area (Å²) in [7, 11) is 0. The molecule has 0 bridgehead atoms. The van der Waals surface area contributed by atoms with Gasteiger partial charge in [-0.25, -0.2) is 4.98 Å². The Hall–Kier alpha value is -1.71. The van der Waals surface area contributed by atoms with Crippen LogP contribution in [0, 0.1) is 0 Å². The quantitative estimate of drug-likeness (QED) is 0.690. The predicted molar refractivity (Wildman–Crippen MR) is 43.3 cm³/mol. The normalized spacial score (nSPS) is 9.08. The summed E-state index contributed by atoms with van der Waals surface area (Å²) < 4.78 is 0. The van der Waals surface area contributed by atoms with Crippen LogP contribution in [-0.2, 0) is 9.59 Å². The van der Waals surface area contributed by atoms with Gasteiger partial charge in [-0.3, -0.25) is 9.59 Å². The van der Waals surface area contributed by atoms with Crippen LogP contribution in [0.15, 0.2) is 18.3 Å². The second-order valence-electron chi connectivity index (χ2n) is 2.22. The fourth-order valence-corrected chi connectivity index (χ4v) is 0.709. The first-order valence-electron chi connectivity index (χ1n) is 3.34. The maximum Gasteiger partial charge on any atom is 0.235 e. The molecule has 1 aromatic heterocycles. The molecule has 61 valence electrons. The maximum atomic E-state index is 10.5. The van der Waals surface area contributed by atoms with Gasteiger partial charge in [0.15, 0.2) is 0 Å². The molecule has 1 amide bonds. The summed E-state index contributed by atoms with van der Waals surface area (Å²) in [5, 5.41) is 2.48. The van der Waals surface area contributed by atoms with Crippen molar-refractivity contribution in [2.24, 2.45) is 0 Å². The van der Waals surface area contributed by atoms with Gasteiger partial charge in [-0.15, -0.1) is 0 Å². The van der Waals surface area contributed by atoms with E-state index in [-0.39, 0.29) is 5.91 Å². The Bertz CT molecular complexity index is 292. The van der Waals surface area contributed by atoms with Crippen LogP contribution in [0.1, 0.15) is 12.5 Å². The minimum absolute atomic E-state index is 0.190. The highest BCUT2D eigenvalue weighted by Gasteiger charge is 1.96. The third-order valence-electron chi connectivity index (χ3n) is 1.19. The number of hydrogen-bond acceptors (Lipinski definition) is 3. The van der Waals surface area contributed by atoms with E-state index in [4.69, 9.17) is 0 Å². The van der Waals surface area contributed by atoms with Gasteiger partial charge in [0.2, 0.25) is 12.2 Å². The number of anilines is 1. The van der Waals surface area contributed by atoms with Crippen LogP contribution in [-0.4, -0.2) is 17.2 Å². The molecule has 0 aliphatic heterocycles. The minimum atomic E-state index is -0.190. The Balaban J connectivity index is 2.77. The van der Waals surface area contributed by atoms with Crippen molar-refractivity contribution < 1.29 is 9.59 Å². The highest BCUT2D eigenvalue weighted by atomic mass is 16.1. The van der Waals surface area contributed by atoms with Gasteiger partial charge in [0.05, 0.1) is 0 Å². The number of carbonyl (C=O) groups is 1. The lowest BCUT2D eigenvalue weighted by Gasteiger charge is -1.98. The van der Waals surface area contributed by atoms with E-state index in [0.29, 0.717) is 11.4 Å². The molecule has 1 heterocycles. The van der Waals surface area contributed by atoms with E-state index in [1.807, 2.05) is 0 Å². The standard InChI is InChI=1S/C8H7N2O2/c1-6(12)10-8-3-2-7(5-11)4-9-8/h2-4H,1H3,(H,9,10,12). The van der Waals surface area contributed by atoms with Gasteiger partial charge in [-0.05, 0) is 12.1 Å². The van der Waals surface area contributed by atoms with Crippen molar-refractivity contribution in [3.8, 4) is 0 Å². The van der Waals surface area contributed by atoms with Crippen LogP contribution in [0.2, 0.25) is 0 Å². The van der Waals surface area contributed by atoms with Crippen molar-refractivity contribution in [3.05, 3.63) is 23.9 Å². The number of hydrogen-bond donors (Lipinski definition) is 1. The van der Waals surface area contributed by atoms with E-state index in [0.717, 1.165) is 0 Å². The minimum Gasteiger partial charge on any atom is -0.311 e. The smallest absolute Gasteiger partial charge is 0.235 e. The van der Waals surface area contributed by atoms with Crippen molar-refractivity contribution in [2.45, 2.75) is 6.92 Å². The van der Waals surface area contributed by atoms with E-state index in [1.54, 1.807) is 12.4 Å². The SMILES string of the molecule is CC(=O)Nc1ccc([C]=O)cn1. The van der Waals surface area contributed by atoms with Crippen LogP contribution in [0.25, 0.3) is 0 Å². The molecule has 1 rings (SSSR count). The lowest BCUT2D eigenvalue weighted by atomic mass is 10.3. The molecule has 0 aliphatic carbocycles. The second-order valence-corrected chi connectivity index (χ2v) is 2.22. The summed E-state index contributed by atoms with van der Waals surface area (Å²) in [6.07, 6.45) is 3.03. The van der Waals surface area contributed by atoms with Crippen LogP contribution in [0.5, 0.6) is 0 Å². The van der Waals surface area contributed by atoms with Crippen molar-refractivity contribution in [3.63, 3.8) is 0 Å². The number of aromatic nitrogens is 1. The maximum absolute atomic E-state index is 10.5. The Labute approximate surface area is 69.6 Å². The summed E-state index contributed by atoms with van der Waals surface area (Å²) in [6.45, 7) is 1.39. The zero-order valence-electron chi connectivity index (χ0n) is 6.50. The summed E-state index contributed by atoms with van der Waals surface area (Å²) in [6, 6.07) is 3.08. The summed E-state index contributed by atoms with van der Waals surface area (Å²) in [5.74, 6) is 0.242. The molecule has 1 N–H and O–H groups in total. The topological polar surface area (TPSA) is 59.1 Å². The van der Waals surface area contributed by atoms with E-state index < -0.39 is 0 Å². The fourth-order valence-electron chi connectivity index (χ4n) is 0.709. The number of carbonyl (C=O) groups excluding carboxylic acids is 2. The molecule has 1 radical (unpaired) electrons. The Morgan fingerprint density at radius 3 is 2.75 bits per heavy atom. The summed E-state index contributed by atoms with van der Waals surface area (Å²) in [4.78, 5) is 24.4. The average molecular weight is 163 g/mol. The lowest BCUT2D eigenvalue weighted by Crippen LogP contribution is -2.07. The number of rotatable bonds is 2. The molecule has 0 saturated heterocycles. The van der Waals surface area contributed by atoms with Gasteiger partial charge in [0, 0.05) is 18.7 Å². The van der Waals surface area contributed by atoms with E-state index >= 15 is 0 Å². The summed E-state index contributed by atoms with van der Waals surface area (Å²) in [5.41, 5.74) is 0.365. The fraction of sp³-hybridized carbons (Fsp3) is 0.125. The first kappa shape index (κ1) is 8.39. The van der Waals surface area contributed by atoms with E-state index in [1.165, 1.54) is 19.2 Å². The molecule has 4 heteroatoms.